The normalized spacial score (nSPS) is 33.5. The number of carboxylic acids is 1. The molecule has 0 saturated carbocycles. The van der Waals surface area contributed by atoms with Crippen LogP contribution < -0.4 is 5.32 Å². The summed E-state index contributed by atoms with van der Waals surface area (Å²) < 4.78 is 0. The molecule has 3 unspecified atom stereocenters. The second-order valence-electron chi connectivity index (χ2n) is 3.94. The first-order chi connectivity index (χ1) is 6.61. The number of likely N-dealkylation sites (N-methyl/N-ethyl adjacent to an activating group) is 2. The zero-order valence-electron chi connectivity index (χ0n) is 9.16. The van der Waals surface area contributed by atoms with E-state index in [0.717, 1.165) is 13.0 Å². The van der Waals surface area contributed by atoms with E-state index in [1.807, 2.05) is 14.0 Å². The Morgan fingerprint density at radius 3 is 2.64 bits per heavy atom. The molecule has 82 valence electrons. The molecule has 14 heavy (non-hydrogen) atoms. The van der Waals surface area contributed by atoms with Crippen molar-refractivity contribution in [3.63, 3.8) is 0 Å². The van der Waals surface area contributed by atoms with E-state index in [4.69, 9.17) is 5.11 Å². The van der Waals surface area contributed by atoms with Crippen LogP contribution in [0.5, 0.6) is 0 Å². The Bertz CT molecular complexity index is 208. The molecule has 1 fully saturated rings. The molecule has 0 bridgehead atoms. The van der Waals surface area contributed by atoms with Gasteiger partial charge < -0.3 is 15.3 Å². The topological polar surface area (TPSA) is 52.6 Å². The molecule has 1 heterocycles. The van der Waals surface area contributed by atoms with Crippen LogP contribution in [0.15, 0.2) is 0 Å². The highest BCUT2D eigenvalue weighted by Gasteiger charge is 2.42. The molecule has 1 aliphatic rings. The van der Waals surface area contributed by atoms with Gasteiger partial charge in [0.1, 0.15) is 0 Å². The maximum absolute atomic E-state index is 11.0. The number of aliphatic carboxylic acids is 1. The van der Waals surface area contributed by atoms with Crippen LogP contribution in [0, 0.1) is 5.92 Å². The van der Waals surface area contributed by atoms with Gasteiger partial charge in [0.05, 0.1) is 5.92 Å². The molecule has 0 aromatic rings. The molecule has 4 heteroatoms. The highest BCUT2D eigenvalue weighted by atomic mass is 16.4. The summed E-state index contributed by atoms with van der Waals surface area (Å²) in [4.78, 5) is 13.2. The van der Waals surface area contributed by atoms with E-state index in [-0.39, 0.29) is 12.0 Å². The monoisotopic (exact) mass is 200 g/mol. The standard InChI is InChI=1S/C10H20N2O2/c1-4-8-9(11-5-2)7(10(13)14)6-12(8)3/h7-9,11H,4-6H2,1-3H3,(H,13,14). The molecule has 0 aromatic carbocycles. The maximum atomic E-state index is 11.0. The smallest absolute Gasteiger partial charge is 0.309 e. The van der Waals surface area contributed by atoms with E-state index in [0.29, 0.717) is 12.6 Å². The second-order valence-corrected chi connectivity index (χ2v) is 3.94. The maximum Gasteiger partial charge on any atom is 0.309 e. The Balaban J connectivity index is 2.73. The van der Waals surface area contributed by atoms with Gasteiger partial charge in [-0.15, -0.1) is 0 Å². The first-order valence-electron chi connectivity index (χ1n) is 5.28. The van der Waals surface area contributed by atoms with Crippen molar-refractivity contribution in [2.75, 3.05) is 20.1 Å². The van der Waals surface area contributed by atoms with Gasteiger partial charge in [0.15, 0.2) is 0 Å². The quantitative estimate of drug-likeness (QED) is 0.689. The van der Waals surface area contributed by atoms with Crippen LogP contribution in [0.2, 0.25) is 0 Å². The van der Waals surface area contributed by atoms with Crippen molar-refractivity contribution in [2.24, 2.45) is 5.92 Å². The molecule has 0 aromatic heterocycles. The van der Waals surface area contributed by atoms with Gasteiger partial charge in [0.25, 0.3) is 0 Å². The molecule has 0 amide bonds. The van der Waals surface area contributed by atoms with Crippen LogP contribution in [0.1, 0.15) is 20.3 Å². The van der Waals surface area contributed by atoms with Gasteiger partial charge in [0, 0.05) is 18.6 Å². The van der Waals surface area contributed by atoms with Crippen molar-refractivity contribution in [2.45, 2.75) is 32.4 Å². The van der Waals surface area contributed by atoms with Crippen molar-refractivity contribution in [1.29, 1.82) is 0 Å². The lowest BCUT2D eigenvalue weighted by molar-refractivity contribution is -0.141. The molecule has 3 atom stereocenters. The molecule has 0 aliphatic carbocycles. The number of nitrogens with zero attached hydrogens (tertiary/aromatic N) is 1. The lowest BCUT2D eigenvalue weighted by Crippen LogP contribution is -2.45. The summed E-state index contributed by atoms with van der Waals surface area (Å²) in [5.74, 6) is -0.941. The number of likely N-dealkylation sites (tertiary alicyclic amines) is 1. The fourth-order valence-corrected chi connectivity index (χ4v) is 2.41. The lowest BCUT2D eigenvalue weighted by Gasteiger charge is -2.24. The third-order valence-corrected chi connectivity index (χ3v) is 3.07. The number of rotatable bonds is 4. The number of hydrogen-bond donors (Lipinski definition) is 2. The fraction of sp³-hybridized carbons (Fsp3) is 0.900. The highest BCUT2D eigenvalue weighted by Crippen LogP contribution is 2.24. The number of hydrogen-bond acceptors (Lipinski definition) is 3. The molecule has 0 radical (unpaired) electrons. The summed E-state index contributed by atoms with van der Waals surface area (Å²) in [6, 6.07) is 0.462. The van der Waals surface area contributed by atoms with Gasteiger partial charge in [-0.3, -0.25) is 4.79 Å². The van der Waals surface area contributed by atoms with Gasteiger partial charge >= 0.3 is 5.97 Å². The van der Waals surface area contributed by atoms with Crippen LogP contribution in [-0.4, -0.2) is 48.2 Å². The summed E-state index contributed by atoms with van der Waals surface area (Å²) in [5.41, 5.74) is 0. The summed E-state index contributed by atoms with van der Waals surface area (Å²) in [7, 11) is 2.00. The van der Waals surface area contributed by atoms with Crippen LogP contribution in [-0.2, 0) is 4.79 Å². The second kappa shape index (κ2) is 4.75. The molecule has 1 rings (SSSR count). The SMILES string of the molecule is CCNC1C(C(=O)O)CN(C)C1CC. The Hall–Kier alpha value is -0.610. The molecule has 0 spiro atoms. The average Bonchev–Trinajstić information content (AvgIpc) is 2.43. The summed E-state index contributed by atoms with van der Waals surface area (Å²) in [6.45, 7) is 5.62. The predicted octanol–water partition coefficient (Wildman–Crippen LogP) is 0.389. The van der Waals surface area contributed by atoms with Gasteiger partial charge in [0.2, 0.25) is 0 Å². The Kier molecular flexibility index (Phi) is 3.89. The van der Waals surface area contributed by atoms with E-state index < -0.39 is 5.97 Å². The highest BCUT2D eigenvalue weighted by molar-refractivity contribution is 5.72. The average molecular weight is 200 g/mol. The lowest BCUT2D eigenvalue weighted by atomic mass is 9.97. The van der Waals surface area contributed by atoms with Gasteiger partial charge in [-0.05, 0) is 20.0 Å². The molecule has 2 N–H and O–H groups in total. The molecule has 1 saturated heterocycles. The van der Waals surface area contributed by atoms with Gasteiger partial charge in [-0.25, -0.2) is 0 Å². The van der Waals surface area contributed by atoms with E-state index in [2.05, 4.69) is 17.1 Å². The summed E-state index contributed by atoms with van der Waals surface area (Å²) in [5, 5.41) is 12.4. The van der Waals surface area contributed by atoms with Crippen molar-refractivity contribution >= 4 is 5.97 Å². The minimum Gasteiger partial charge on any atom is -0.481 e. The van der Waals surface area contributed by atoms with E-state index in [9.17, 15) is 4.79 Å². The fourth-order valence-electron chi connectivity index (χ4n) is 2.41. The van der Waals surface area contributed by atoms with E-state index >= 15 is 0 Å². The number of carboxylic acid groups (broad SMARTS) is 1. The third-order valence-electron chi connectivity index (χ3n) is 3.07. The number of nitrogens with one attached hydrogen (secondary N) is 1. The van der Waals surface area contributed by atoms with Crippen molar-refractivity contribution in [1.82, 2.24) is 10.2 Å². The minimum absolute atomic E-state index is 0.104. The zero-order valence-corrected chi connectivity index (χ0v) is 9.16. The van der Waals surface area contributed by atoms with Crippen LogP contribution in [0.4, 0.5) is 0 Å². The molecule has 1 aliphatic heterocycles. The zero-order chi connectivity index (χ0) is 10.7. The first kappa shape index (κ1) is 11.5. The van der Waals surface area contributed by atoms with Gasteiger partial charge in [-0.1, -0.05) is 13.8 Å². The molecule has 4 nitrogen and oxygen atoms in total. The van der Waals surface area contributed by atoms with Crippen LogP contribution in [0.3, 0.4) is 0 Å². The Labute approximate surface area is 85.3 Å². The predicted molar refractivity (Wildman–Crippen MR) is 55.3 cm³/mol. The summed E-state index contributed by atoms with van der Waals surface area (Å²) >= 11 is 0. The molecular weight excluding hydrogens is 180 g/mol. The van der Waals surface area contributed by atoms with Crippen molar-refractivity contribution < 1.29 is 9.90 Å². The first-order valence-corrected chi connectivity index (χ1v) is 5.28. The summed E-state index contributed by atoms with van der Waals surface area (Å²) in [6.07, 6.45) is 0.998. The van der Waals surface area contributed by atoms with Crippen molar-refractivity contribution in [3.8, 4) is 0 Å². The molecular formula is C10H20N2O2. The van der Waals surface area contributed by atoms with Crippen molar-refractivity contribution in [3.05, 3.63) is 0 Å². The van der Waals surface area contributed by atoms with Gasteiger partial charge in [-0.2, -0.15) is 0 Å². The van der Waals surface area contributed by atoms with Crippen LogP contribution >= 0.6 is 0 Å². The third kappa shape index (κ3) is 2.07. The van der Waals surface area contributed by atoms with Crippen LogP contribution in [0.25, 0.3) is 0 Å². The number of carbonyl (C=O) groups is 1. The Morgan fingerprint density at radius 1 is 1.57 bits per heavy atom. The minimum atomic E-state index is -0.682. The largest absolute Gasteiger partial charge is 0.481 e. The van der Waals surface area contributed by atoms with E-state index in [1.54, 1.807) is 0 Å². The Morgan fingerprint density at radius 2 is 2.21 bits per heavy atom. The van der Waals surface area contributed by atoms with E-state index in [1.165, 1.54) is 0 Å².